The molecule has 5 nitrogen and oxygen atoms in total. The molecular formula is C19H15BrN2O3. The highest BCUT2D eigenvalue weighted by Gasteiger charge is 2.17. The highest BCUT2D eigenvalue weighted by Crippen LogP contribution is 2.37. The van der Waals surface area contributed by atoms with Crippen molar-refractivity contribution in [3.05, 3.63) is 57.1 Å². The fourth-order valence-electron chi connectivity index (χ4n) is 2.41. The Labute approximate surface area is 154 Å². The summed E-state index contributed by atoms with van der Waals surface area (Å²) in [7, 11) is 0. The molecule has 1 N–H and O–H groups in total. The Morgan fingerprint density at radius 3 is 2.68 bits per heavy atom. The van der Waals surface area contributed by atoms with Gasteiger partial charge in [-0.05, 0) is 54.8 Å². The fraction of sp³-hybridized carbons (Fsp3) is 0.158. The summed E-state index contributed by atoms with van der Waals surface area (Å²) in [5.74, 6) is 0.754. The fourth-order valence-corrected chi connectivity index (χ4v) is 2.84. The number of carbonyl (C=O) groups excluding carboxylic acids is 1. The second kappa shape index (κ2) is 6.99. The van der Waals surface area contributed by atoms with Gasteiger partial charge >= 0.3 is 0 Å². The van der Waals surface area contributed by atoms with Gasteiger partial charge in [0.2, 0.25) is 6.79 Å². The molecule has 1 aliphatic rings. The van der Waals surface area contributed by atoms with E-state index in [-0.39, 0.29) is 12.4 Å². The molecule has 0 unspecified atom stereocenters. The maximum absolute atomic E-state index is 12.5. The normalized spacial score (nSPS) is 12.6. The van der Waals surface area contributed by atoms with Crippen molar-refractivity contribution >= 4 is 33.6 Å². The first-order chi connectivity index (χ1) is 12.0. The zero-order valence-electron chi connectivity index (χ0n) is 13.7. The molecule has 0 aromatic heterocycles. The second-order valence-corrected chi connectivity index (χ2v) is 6.52. The van der Waals surface area contributed by atoms with Gasteiger partial charge in [0.1, 0.15) is 11.6 Å². The smallest absolute Gasteiger partial charge is 0.266 e. The second-order valence-electron chi connectivity index (χ2n) is 5.67. The minimum Gasteiger partial charge on any atom is -0.454 e. The molecule has 2 aromatic rings. The average Bonchev–Trinajstić information content (AvgIpc) is 3.02. The highest BCUT2D eigenvalue weighted by atomic mass is 79.9. The Kier molecular flexibility index (Phi) is 4.77. The van der Waals surface area contributed by atoms with Crippen LogP contribution in [0.5, 0.6) is 11.5 Å². The number of amides is 1. The molecular weight excluding hydrogens is 384 g/mol. The van der Waals surface area contributed by atoms with Crippen molar-refractivity contribution in [1.82, 2.24) is 0 Å². The van der Waals surface area contributed by atoms with E-state index in [1.54, 1.807) is 12.1 Å². The third kappa shape index (κ3) is 3.67. The highest BCUT2D eigenvalue weighted by molar-refractivity contribution is 9.10. The minimum atomic E-state index is -0.458. The summed E-state index contributed by atoms with van der Waals surface area (Å²) in [6.45, 7) is 4.01. The summed E-state index contributed by atoms with van der Waals surface area (Å²) in [5.41, 5.74) is 3.32. The maximum atomic E-state index is 12.5. The predicted molar refractivity (Wildman–Crippen MR) is 98.4 cm³/mol. The SMILES string of the molecule is Cc1ccc(C)c(NC(=O)/C(C#N)=C/c2cc3c(cc2Br)OCO3)c1. The van der Waals surface area contributed by atoms with E-state index in [0.717, 1.165) is 11.1 Å². The number of hydrogen-bond acceptors (Lipinski definition) is 4. The topological polar surface area (TPSA) is 71.4 Å². The number of fused-ring (bicyclic) bond motifs is 1. The van der Waals surface area contributed by atoms with Crippen LogP contribution in [0.3, 0.4) is 0 Å². The first kappa shape index (κ1) is 17.1. The van der Waals surface area contributed by atoms with Crippen molar-refractivity contribution in [3.8, 4) is 17.6 Å². The molecule has 0 fully saturated rings. The maximum Gasteiger partial charge on any atom is 0.266 e. The molecule has 126 valence electrons. The number of rotatable bonds is 3. The lowest BCUT2D eigenvalue weighted by molar-refractivity contribution is -0.112. The van der Waals surface area contributed by atoms with E-state index in [0.29, 0.717) is 27.2 Å². The monoisotopic (exact) mass is 398 g/mol. The third-order valence-corrected chi connectivity index (χ3v) is 4.48. The van der Waals surface area contributed by atoms with Gasteiger partial charge in [-0.25, -0.2) is 0 Å². The van der Waals surface area contributed by atoms with Crippen LogP contribution in [0.2, 0.25) is 0 Å². The summed E-state index contributed by atoms with van der Waals surface area (Å²) in [4.78, 5) is 12.5. The largest absolute Gasteiger partial charge is 0.454 e. The quantitative estimate of drug-likeness (QED) is 0.616. The number of carbonyl (C=O) groups is 1. The van der Waals surface area contributed by atoms with Gasteiger partial charge in [-0.1, -0.05) is 28.1 Å². The van der Waals surface area contributed by atoms with E-state index in [9.17, 15) is 10.1 Å². The molecule has 1 amide bonds. The van der Waals surface area contributed by atoms with Gasteiger partial charge in [0.15, 0.2) is 11.5 Å². The van der Waals surface area contributed by atoms with Gasteiger partial charge < -0.3 is 14.8 Å². The lowest BCUT2D eigenvalue weighted by atomic mass is 10.1. The van der Waals surface area contributed by atoms with E-state index < -0.39 is 5.91 Å². The molecule has 0 spiro atoms. The Morgan fingerprint density at radius 1 is 1.24 bits per heavy atom. The number of ether oxygens (including phenoxy) is 2. The Bertz CT molecular complexity index is 929. The number of nitrogens with one attached hydrogen (secondary N) is 1. The van der Waals surface area contributed by atoms with E-state index >= 15 is 0 Å². The van der Waals surface area contributed by atoms with Crippen molar-refractivity contribution < 1.29 is 14.3 Å². The molecule has 6 heteroatoms. The number of anilines is 1. The van der Waals surface area contributed by atoms with Crippen LogP contribution in [0.25, 0.3) is 6.08 Å². The summed E-state index contributed by atoms with van der Waals surface area (Å²) >= 11 is 3.42. The standard InChI is InChI=1S/C19H15BrN2O3/c1-11-3-4-12(2)16(5-11)22-19(23)14(9-21)6-13-7-17-18(8-15(13)20)25-10-24-17/h3-8H,10H2,1-2H3,(H,22,23)/b14-6+. The number of nitrogens with zero attached hydrogens (tertiary/aromatic N) is 1. The van der Waals surface area contributed by atoms with Crippen molar-refractivity contribution in [1.29, 1.82) is 5.26 Å². The molecule has 1 aliphatic heterocycles. The molecule has 2 aromatic carbocycles. The number of aryl methyl sites for hydroxylation is 2. The van der Waals surface area contributed by atoms with Crippen LogP contribution < -0.4 is 14.8 Å². The summed E-state index contributed by atoms with van der Waals surface area (Å²) in [5, 5.41) is 12.2. The Hall–Kier alpha value is -2.78. The predicted octanol–water partition coefficient (Wildman–Crippen LogP) is 4.34. The first-order valence-electron chi connectivity index (χ1n) is 7.57. The molecule has 0 saturated carbocycles. The van der Waals surface area contributed by atoms with Crippen molar-refractivity contribution in [2.75, 3.05) is 12.1 Å². The molecule has 0 bridgehead atoms. The summed E-state index contributed by atoms with van der Waals surface area (Å²) in [6, 6.07) is 11.2. The average molecular weight is 399 g/mol. The molecule has 3 rings (SSSR count). The third-order valence-electron chi connectivity index (χ3n) is 3.80. The van der Waals surface area contributed by atoms with Gasteiger partial charge in [0, 0.05) is 10.2 Å². The molecule has 0 radical (unpaired) electrons. The first-order valence-corrected chi connectivity index (χ1v) is 8.37. The van der Waals surface area contributed by atoms with Crippen LogP contribution in [-0.4, -0.2) is 12.7 Å². The van der Waals surface area contributed by atoms with Crippen molar-refractivity contribution in [3.63, 3.8) is 0 Å². The van der Waals surface area contributed by atoms with E-state index in [1.807, 2.05) is 38.1 Å². The van der Waals surface area contributed by atoms with Gasteiger partial charge in [-0.3, -0.25) is 4.79 Å². The number of halogens is 1. The van der Waals surface area contributed by atoms with Crippen LogP contribution in [0.4, 0.5) is 5.69 Å². The van der Waals surface area contributed by atoms with Crippen LogP contribution in [0.15, 0.2) is 40.4 Å². The lowest BCUT2D eigenvalue weighted by Gasteiger charge is -2.09. The van der Waals surface area contributed by atoms with Gasteiger partial charge in [-0.2, -0.15) is 5.26 Å². The van der Waals surface area contributed by atoms with Crippen molar-refractivity contribution in [2.24, 2.45) is 0 Å². The molecule has 0 aliphatic carbocycles. The van der Waals surface area contributed by atoms with E-state index in [1.165, 1.54) is 6.08 Å². The number of nitriles is 1. The zero-order chi connectivity index (χ0) is 18.0. The van der Waals surface area contributed by atoms with Crippen LogP contribution >= 0.6 is 15.9 Å². The number of benzene rings is 2. The van der Waals surface area contributed by atoms with Gasteiger partial charge in [0.05, 0.1) is 0 Å². The van der Waals surface area contributed by atoms with Crippen LogP contribution in [0, 0.1) is 25.2 Å². The Morgan fingerprint density at radius 2 is 1.96 bits per heavy atom. The Balaban J connectivity index is 1.89. The van der Waals surface area contributed by atoms with Gasteiger partial charge in [-0.15, -0.1) is 0 Å². The summed E-state index contributed by atoms with van der Waals surface area (Å²) < 4.78 is 11.3. The van der Waals surface area contributed by atoms with E-state index in [4.69, 9.17) is 9.47 Å². The lowest BCUT2D eigenvalue weighted by Crippen LogP contribution is -2.14. The molecule has 0 saturated heterocycles. The van der Waals surface area contributed by atoms with Gasteiger partial charge in [0.25, 0.3) is 5.91 Å². The number of hydrogen-bond donors (Lipinski definition) is 1. The minimum absolute atomic E-state index is 0.000437. The van der Waals surface area contributed by atoms with Crippen LogP contribution in [0.1, 0.15) is 16.7 Å². The zero-order valence-corrected chi connectivity index (χ0v) is 15.3. The van der Waals surface area contributed by atoms with Crippen LogP contribution in [-0.2, 0) is 4.79 Å². The molecule has 25 heavy (non-hydrogen) atoms. The molecule has 0 atom stereocenters. The van der Waals surface area contributed by atoms with E-state index in [2.05, 4.69) is 21.2 Å². The molecule has 1 heterocycles. The summed E-state index contributed by atoms with van der Waals surface area (Å²) in [6.07, 6.45) is 1.52. The van der Waals surface area contributed by atoms with Crippen molar-refractivity contribution in [2.45, 2.75) is 13.8 Å².